The highest BCUT2D eigenvalue weighted by Crippen LogP contribution is 2.27. The van der Waals surface area contributed by atoms with Crippen LogP contribution in [0.25, 0.3) is 0 Å². The highest BCUT2D eigenvalue weighted by Gasteiger charge is 2.25. The molecule has 40 heavy (non-hydrogen) atoms. The van der Waals surface area contributed by atoms with Gasteiger partial charge in [-0.3, -0.25) is 4.79 Å². The number of benzene rings is 3. The summed E-state index contributed by atoms with van der Waals surface area (Å²) >= 11 is 0. The van der Waals surface area contributed by atoms with Crippen LogP contribution in [-0.4, -0.2) is 56.1 Å². The number of anilines is 3. The molecule has 7 nitrogen and oxygen atoms in total. The minimum absolute atomic E-state index is 0.0709. The lowest BCUT2D eigenvalue weighted by Gasteiger charge is -2.36. The Labute approximate surface area is 237 Å². The SMILES string of the molecule is Cc1cc(C)c(C(=O)N2CCN(c3ccccc3C#N)CC2)cc1NC1CCCN(c2ccc(C#N)cc2)CC1. The number of hydrogen-bond acceptors (Lipinski definition) is 6. The summed E-state index contributed by atoms with van der Waals surface area (Å²) in [4.78, 5) is 20.2. The van der Waals surface area contributed by atoms with Gasteiger partial charge in [0, 0.05) is 62.2 Å². The van der Waals surface area contributed by atoms with Crippen molar-refractivity contribution >= 4 is 23.0 Å². The number of carbonyl (C=O) groups excluding carboxylic acids is 1. The summed E-state index contributed by atoms with van der Waals surface area (Å²) in [6.45, 7) is 8.73. The summed E-state index contributed by atoms with van der Waals surface area (Å²) in [5.41, 5.74) is 7.40. The van der Waals surface area contributed by atoms with Gasteiger partial charge in [-0.25, -0.2) is 0 Å². The predicted molar refractivity (Wildman–Crippen MR) is 160 cm³/mol. The highest BCUT2D eigenvalue weighted by molar-refractivity contribution is 5.97. The lowest BCUT2D eigenvalue weighted by atomic mass is 10.0. The van der Waals surface area contributed by atoms with Crippen molar-refractivity contribution in [2.24, 2.45) is 0 Å². The summed E-state index contributed by atoms with van der Waals surface area (Å²) < 4.78 is 0. The molecule has 2 saturated heterocycles. The first-order valence-corrected chi connectivity index (χ1v) is 14.1. The molecule has 1 atom stereocenters. The monoisotopic (exact) mass is 532 g/mol. The quantitative estimate of drug-likeness (QED) is 0.468. The normalized spacial score (nSPS) is 17.5. The third-order valence-corrected chi connectivity index (χ3v) is 8.18. The van der Waals surface area contributed by atoms with Gasteiger partial charge in [0.25, 0.3) is 5.91 Å². The molecule has 0 bridgehead atoms. The predicted octanol–water partition coefficient (Wildman–Crippen LogP) is 5.48. The molecule has 204 valence electrons. The van der Waals surface area contributed by atoms with Crippen molar-refractivity contribution in [2.45, 2.75) is 39.2 Å². The van der Waals surface area contributed by atoms with Crippen molar-refractivity contribution < 1.29 is 4.79 Å². The van der Waals surface area contributed by atoms with Crippen LogP contribution in [0.1, 0.15) is 51.9 Å². The van der Waals surface area contributed by atoms with Crippen molar-refractivity contribution in [1.82, 2.24) is 4.90 Å². The molecule has 1 N–H and O–H groups in total. The Bertz CT molecular complexity index is 1440. The fraction of sp³-hybridized carbons (Fsp3) is 0.364. The Morgan fingerprint density at radius 2 is 1.57 bits per heavy atom. The molecule has 3 aromatic carbocycles. The van der Waals surface area contributed by atoms with E-state index >= 15 is 0 Å². The van der Waals surface area contributed by atoms with Gasteiger partial charge in [-0.2, -0.15) is 10.5 Å². The summed E-state index contributed by atoms with van der Waals surface area (Å²) in [5, 5.41) is 22.3. The van der Waals surface area contributed by atoms with Gasteiger partial charge in [0.05, 0.1) is 22.9 Å². The lowest BCUT2D eigenvalue weighted by molar-refractivity contribution is 0.0746. The van der Waals surface area contributed by atoms with Crippen LogP contribution < -0.4 is 15.1 Å². The average Bonchev–Trinajstić information content (AvgIpc) is 3.24. The van der Waals surface area contributed by atoms with Crippen LogP contribution in [-0.2, 0) is 0 Å². The van der Waals surface area contributed by atoms with Gasteiger partial charge in [0.1, 0.15) is 6.07 Å². The molecular weight excluding hydrogens is 496 g/mol. The number of rotatable bonds is 5. The zero-order valence-electron chi connectivity index (χ0n) is 23.4. The van der Waals surface area contributed by atoms with Gasteiger partial charge >= 0.3 is 0 Å². The number of amides is 1. The topological polar surface area (TPSA) is 86.4 Å². The highest BCUT2D eigenvalue weighted by atomic mass is 16.2. The van der Waals surface area contributed by atoms with Gasteiger partial charge < -0.3 is 20.0 Å². The molecule has 2 aliphatic rings. The van der Waals surface area contributed by atoms with E-state index < -0.39 is 0 Å². The molecular formula is C33H36N6O. The number of nitrogens with zero attached hydrogens (tertiary/aromatic N) is 5. The van der Waals surface area contributed by atoms with Gasteiger partial charge in [0.15, 0.2) is 0 Å². The van der Waals surface area contributed by atoms with Gasteiger partial charge in [-0.15, -0.1) is 0 Å². The smallest absolute Gasteiger partial charge is 0.254 e. The van der Waals surface area contributed by atoms with E-state index in [1.54, 1.807) is 0 Å². The first-order valence-electron chi connectivity index (χ1n) is 14.1. The molecule has 0 saturated carbocycles. The van der Waals surface area contributed by atoms with Crippen molar-refractivity contribution in [3.63, 3.8) is 0 Å². The average molecular weight is 533 g/mol. The van der Waals surface area contributed by atoms with Crippen molar-refractivity contribution in [2.75, 3.05) is 54.4 Å². The maximum atomic E-state index is 13.6. The number of hydrogen-bond donors (Lipinski definition) is 1. The maximum Gasteiger partial charge on any atom is 0.254 e. The number of carbonyl (C=O) groups is 1. The Morgan fingerprint density at radius 1 is 0.825 bits per heavy atom. The summed E-state index contributed by atoms with van der Waals surface area (Å²) in [6.07, 6.45) is 3.14. The van der Waals surface area contributed by atoms with E-state index in [4.69, 9.17) is 5.26 Å². The Kier molecular flexibility index (Phi) is 8.22. The minimum Gasteiger partial charge on any atom is -0.382 e. The Hall–Kier alpha value is -4.49. The van der Waals surface area contributed by atoms with Crippen LogP contribution in [0.15, 0.2) is 60.7 Å². The van der Waals surface area contributed by atoms with Crippen LogP contribution in [0.3, 0.4) is 0 Å². The largest absolute Gasteiger partial charge is 0.382 e. The summed E-state index contributed by atoms with van der Waals surface area (Å²) in [5.74, 6) is 0.0709. The van der Waals surface area contributed by atoms with Crippen LogP contribution in [0.2, 0.25) is 0 Å². The molecule has 7 heteroatoms. The Morgan fingerprint density at radius 3 is 2.30 bits per heavy atom. The number of aryl methyl sites for hydroxylation is 2. The van der Waals surface area contributed by atoms with E-state index in [1.165, 1.54) is 0 Å². The molecule has 0 aliphatic carbocycles. The van der Waals surface area contributed by atoms with E-state index in [0.717, 1.165) is 66.1 Å². The Balaban J connectivity index is 1.23. The van der Waals surface area contributed by atoms with E-state index in [9.17, 15) is 10.1 Å². The third kappa shape index (κ3) is 5.90. The second-order valence-electron chi connectivity index (χ2n) is 10.8. The van der Waals surface area contributed by atoms with Crippen LogP contribution >= 0.6 is 0 Å². The summed E-state index contributed by atoms with van der Waals surface area (Å²) in [7, 11) is 0. The van der Waals surface area contributed by atoms with Crippen molar-refractivity contribution in [3.8, 4) is 12.1 Å². The van der Waals surface area contributed by atoms with Crippen molar-refractivity contribution in [3.05, 3.63) is 88.5 Å². The molecule has 2 fully saturated rings. The van der Waals surface area contributed by atoms with Crippen LogP contribution in [0.5, 0.6) is 0 Å². The minimum atomic E-state index is 0.0709. The molecule has 0 radical (unpaired) electrons. The number of nitrogens with one attached hydrogen (secondary N) is 1. The third-order valence-electron chi connectivity index (χ3n) is 8.18. The number of piperazine rings is 1. The molecule has 5 rings (SSSR count). The van der Waals surface area contributed by atoms with Gasteiger partial charge in [-0.1, -0.05) is 18.2 Å². The molecule has 1 amide bonds. The zero-order chi connectivity index (χ0) is 28.1. The van der Waals surface area contributed by atoms with Crippen molar-refractivity contribution in [1.29, 1.82) is 10.5 Å². The van der Waals surface area contributed by atoms with Gasteiger partial charge in [-0.05, 0) is 86.7 Å². The standard InChI is InChI=1S/C33H36N6O/c1-24-20-25(2)31(36-28-7-5-14-37(15-13-28)29-11-9-26(22-34)10-12-29)21-30(24)33(40)39-18-16-38(17-19-39)32-8-4-3-6-27(32)23-35/h3-4,6,8-12,20-21,28,36H,5,7,13-19H2,1-2H3. The number of nitriles is 2. The van der Waals surface area contributed by atoms with Crippen LogP contribution in [0.4, 0.5) is 17.1 Å². The first kappa shape index (κ1) is 27.1. The van der Waals surface area contributed by atoms with E-state index in [-0.39, 0.29) is 5.91 Å². The summed E-state index contributed by atoms with van der Waals surface area (Å²) in [6, 6.07) is 24.5. The molecule has 0 spiro atoms. The fourth-order valence-corrected chi connectivity index (χ4v) is 5.87. The number of para-hydroxylation sites is 1. The maximum absolute atomic E-state index is 13.6. The molecule has 3 aromatic rings. The fourth-order valence-electron chi connectivity index (χ4n) is 5.87. The van der Waals surface area contributed by atoms with E-state index in [2.05, 4.69) is 40.2 Å². The second kappa shape index (κ2) is 12.1. The molecule has 2 aliphatic heterocycles. The first-order chi connectivity index (χ1) is 19.5. The van der Waals surface area contributed by atoms with E-state index in [1.807, 2.05) is 66.4 Å². The zero-order valence-corrected chi connectivity index (χ0v) is 23.4. The second-order valence-corrected chi connectivity index (χ2v) is 10.8. The van der Waals surface area contributed by atoms with E-state index in [0.29, 0.717) is 43.3 Å². The molecule has 1 unspecified atom stereocenters. The lowest BCUT2D eigenvalue weighted by Crippen LogP contribution is -2.49. The van der Waals surface area contributed by atoms with Gasteiger partial charge in [0.2, 0.25) is 0 Å². The molecule has 2 heterocycles. The van der Waals surface area contributed by atoms with Crippen LogP contribution in [0, 0.1) is 36.5 Å². The molecule has 0 aromatic heterocycles.